The molecule has 0 unspecified atom stereocenters. The number of carbonyl (C=O) groups is 1. The van der Waals surface area contributed by atoms with E-state index in [9.17, 15) is 24.0 Å². The molecule has 1 aliphatic rings. The zero-order valence-electron chi connectivity index (χ0n) is 21.3. The molecule has 2 aromatic heterocycles. The van der Waals surface area contributed by atoms with Gasteiger partial charge >= 0.3 is 5.69 Å². The Kier molecular flexibility index (Phi) is 6.45. The summed E-state index contributed by atoms with van der Waals surface area (Å²) in [4.78, 5) is 43.9. The lowest BCUT2D eigenvalue weighted by atomic mass is 10.00. The number of rotatable bonds is 4. The van der Waals surface area contributed by atoms with E-state index in [1.165, 1.54) is 22.9 Å². The zero-order chi connectivity index (χ0) is 29.0. The summed E-state index contributed by atoms with van der Waals surface area (Å²) in [7, 11) is 0. The predicted octanol–water partition coefficient (Wildman–Crippen LogP) is 5.38. The van der Waals surface area contributed by atoms with E-state index < -0.39 is 17.1 Å². The number of nitrogens with zero attached hydrogens (tertiary/aromatic N) is 4. The highest BCUT2D eigenvalue weighted by atomic mass is 35.5. The first kappa shape index (κ1) is 26.4. The molecule has 202 valence electrons. The van der Waals surface area contributed by atoms with Gasteiger partial charge in [-0.25, -0.2) is 13.8 Å². The lowest BCUT2D eigenvalue weighted by Gasteiger charge is -2.17. The fourth-order valence-electron chi connectivity index (χ4n) is 5.04. The first-order chi connectivity index (χ1) is 19.6. The Balaban J connectivity index is 1.65. The van der Waals surface area contributed by atoms with Crippen LogP contribution in [0.4, 0.5) is 10.1 Å². The highest BCUT2D eigenvalue weighted by Gasteiger charge is 2.23. The molecule has 5 aromatic rings. The molecule has 0 spiro atoms. The second-order valence-electron chi connectivity index (χ2n) is 9.72. The number of benzene rings is 3. The molecule has 3 aromatic carbocycles. The fraction of sp³-hybridized carbons (Fsp3) is 0.100. The average Bonchev–Trinajstić information content (AvgIpc) is 3.29. The number of carbonyl (C=O) groups excluding carboxylic acids is 1. The van der Waals surface area contributed by atoms with Gasteiger partial charge in [0.25, 0.3) is 5.56 Å². The normalized spacial score (nSPS) is 12.3. The Morgan fingerprint density at radius 2 is 1.85 bits per heavy atom. The highest BCUT2D eigenvalue weighted by Crippen LogP contribution is 2.38. The summed E-state index contributed by atoms with van der Waals surface area (Å²) in [6.45, 7) is 1.69. The van der Waals surface area contributed by atoms with Gasteiger partial charge in [0.15, 0.2) is 0 Å². The maximum atomic E-state index is 14.1. The Hall–Kier alpha value is -4.78. The van der Waals surface area contributed by atoms with Gasteiger partial charge in [0.05, 0.1) is 51.4 Å². The molecule has 1 amide bonds. The summed E-state index contributed by atoms with van der Waals surface area (Å²) in [5.74, 6) is -0.838. The number of aryl methyl sites for hydroxylation is 1. The number of pyridine rings is 1. The molecule has 0 bridgehead atoms. The molecule has 3 heterocycles. The van der Waals surface area contributed by atoms with Crippen LogP contribution < -0.4 is 16.6 Å². The van der Waals surface area contributed by atoms with E-state index in [4.69, 9.17) is 23.2 Å². The van der Waals surface area contributed by atoms with Gasteiger partial charge in [-0.1, -0.05) is 29.3 Å². The SMILES string of the molecule is Cc1cncc(-n2c(=O)c3c(Cl)cc(-c4cc5c(cc4Cl)NC(=O)C5)cc3n(Cc3ccc(F)c(C#N)c3)c2=O)c1. The molecule has 1 aliphatic heterocycles. The van der Waals surface area contributed by atoms with Crippen molar-refractivity contribution < 1.29 is 9.18 Å². The number of halogens is 3. The molecule has 0 atom stereocenters. The molecule has 0 saturated carbocycles. The standard InChI is InChI=1S/C30H18Cl2FN5O3/c1-15-4-20(13-35-12-15)38-29(40)28-23(32)7-17(21-6-18-9-27(39)36-25(18)10-22(21)31)8-26(28)37(30(38)41)14-16-2-3-24(33)19(5-16)11-34/h2-8,10,12-13H,9,14H2,1H3,(H,36,39). The molecular formula is C30H18Cl2FN5O3. The Labute approximate surface area is 241 Å². The third-order valence-corrected chi connectivity index (χ3v) is 7.55. The number of anilines is 1. The van der Waals surface area contributed by atoms with E-state index in [1.54, 1.807) is 49.5 Å². The lowest BCUT2D eigenvalue weighted by Crippen LogP contribution is -2.39. The number of hydrogen-bond donors (Lipinski definition) is 1. The molecule has 0 fully saturated rings. The van der Waals surface area contributed by atoms with Crippen LogP contribution in [0.1, 0.15) is 22.3 Å². The Morgan fingerprint density at radius 3 is 2.61 bits per heavy atom. The van der Waals surface area contributed by atoms with Gasteiger partial charge in [0, 0.05) is 17.4 Å². The van der Waals surface area contributed by atoms with Crippen molar-refractivity contribution in [3.8, 4) is 22.9 Å². The summed E-state index contributed by atoms with van der Waals surface area (Å²) < 4.78 is 16.4. The lowest BCUT2D eigenvalue weighted by molar-refractivity contribution is -0.115. The van der Waals surface area contributed by atoms with E-state index in [1.807, 2.05) is 0 Å². The minimum Gasteiger partial charge on any atom is -0.325 e. The number of amides is 1. The van der Waals surface area contributed by atoms with Gasteiger partial charge in [-0.05, 0) is 71.6 Å². The maximum absolute atomic E-state index is 14.1. The summed E-state index contributed by atoms with van der Waals surface area (Å²) in [6.07, 6.45) is 3.19. The van der Waals surface area contributed by atoms with Gasteiger partial charge < -0.3 is 5.32 Å². The van der Waals surface area contributed by atoms with Gasteiger partial charge in [-0.3, -0.25) is 19.1 Å². The minimum atomic E-state index is -0.686. The summed E-state index contributed by atoms with van der Waals surface area (Å²) in [6, 6.07) is 14.1. The largest absolute Gasteiger partial charge is 0.336 e. The van der Waals surface area contributed by atoms with E-state index in [0.29, 0.717) is 27.4 Å². The molecule has 11 heteroatoms. The van der Waals surface area contributed by atoms with Crippen LogP contribution >= 0.6 is 23.2 Å². The van der Waals surface area contributed by atoms with E-state index in [0.717, 1.165) is 21.8 Å². The number of fused-ring (bicyclic) bond motifs is 2. The van der Waals surface area contributed by atoms with E-state index in [-0.39, 0.29) is 46.0 Å². The van der Waals surface area contributed by atoms with Crippen LogP contribution in [0, 0.1) is 24.1 Å². The van der Waals surface area contributed by atoms with Crippen molar-refractivity contribution >= 4 is 45.7 Å². The van der Waals surface area contributed by atoms with Gasteiger partial charge in [0.1, 0.15) is 11.9 Å². The number of nitrogens with one attached hydrogen (secondary N) is 1. The Bertz CT molecular complexity index is 2110. The van der Waals surface area contributed by atoms with Crippen LogP contribution in [-0.4, -0.2) is 20.0 Å². The summed E-state index contributed by atoms with van der Waals surface area (Å²) in [5.41, 5.74) is 2.62. The molecule has 0 radical (unpaired) electrons. The van der Waals surface area contributed by atoms with Crippen molar-refractivity contribution in [1.82, 2.24) is 14.1 Å². The fourth-order valence-corrected chi connectivity index (χ4v) is 5.61. The number of hydrogen-bond acceptors (Lipinski definition) is 5. The molecule has 6 rings (SSSR count). The van der Waals surface area contributed by atoms with Crippen LogP contribution in [0.2, 0.25) is 10.0 Å². The van der Waals surface area contributed by atoms with E-state index in [2.05, 4.69) is 10.3 Å². The molecule has 0 saturated heterocycles. The van der Waals surface area contributed by atoms with Gasteiger partial charge in [-0.15, -0.1) is 0 Å². The monoisotopic (exact) mass is 585 g/mol. The van der Waals surface area contributed by atoms with Crippen LogP contribution in [0.5, 0.6) is 0 Å². The van der Waals surface area contributed by atoms with Gasteiger partial charge in [0.2, 0.25) is 5.91 Å². The third kappa shape index (κ3) is 4.57. The van der Waals surface area contributed by atoms with E-state index >= 15 is 0 Å². The number of aromatic nitrogens is 3. The second-order valence-corrected chi connectivity index (χ2v) is 10.5. The van der Waals surface area contributed by atoms with Crippen molar-refractivity contribution in [3.63, 3.8) is 0 Å². The first-order valence-corrected chi connectivity index (χ1v) is 13.1. The van der Waals surface area contributed by atoms with Crippen LogP contribution in [0.15, 0.2) is 70.5 Å². The predicted molar refractivity (Wildman–Crippen MR) is 154 cm³/mol. The third-order valence-electron chi connectivity index (χ3n) is 6.94. The molecule has 8 nitrogen and oxygen atoms in total. The Morgan fingerprint density at radius 1 is 1.05 bits per heavy atom. The zero-order valence-corrected chi connectivity index (χ0v) is 22.8. The number of nitriles is 1. The maximum Gasteiger partial charge on any atom is 0.336 e. The van der Waals surface area contributed by atoms with Crippen molar-refractivity contribution in [2.75, 3.05) is 5.32 Å². The minimum absolute atomic E-state index is 0.0770. The topological polar surface area (TPSA) is 110 Å². The average molecular weight is 586 g/mol. The van der Waals surface area contributed by atoms with Crippen LogP contribution in [0.25, 0.3) is 27.7 Å². The van der Waals surface area contributed by atoms with Crippen molar-refractivity contribution in [2.24, 2.45) is 0 Å². The quantitative estimate of drug-likeness (QED) is 0.304. The first-order valence-electron chi connectivity index (χ1n) is 12.4. The van der Waals surface area contributed by atoms with Crippen LogP contribution in [0.3, 0.4) is 0 Å². The van der Waals surface area contributed by atoms with Crippen molar-refractivity contribution in [3.05, 3.63) is 120 Å². The van der Waals surface area contributed by atoms with Crippen molar-refractivity contribution in [1.29, 1.82) is 5.26 Å². The van der Waals surface area contributed by atoms with Crippen LogP contribution in [-0.2, 0) is 17.8 Å². The molecule has 0 aliphatic carbocycles. The second kappa shape index (κ2) is 10.0. The summed E-state index contributed by atoms with van der Waals surface area (Å²) >= 11 is 13.3. The van der Waals surface area contributed by atoms with Gasteiger partial charge in [-0.2, -0.15) is 5.26 Å². The highest BCUT2D eigenvalue weighted by molar-refractivity contribution is 6.36. The smallest absolute Gasteiger partial charge is 0.325 e. The van der Waals surface area contributed by atoms with Crippen molar-refractivity contribution in [2.45, 2.75) is 19.9 Å². The molecular weight excluding hydrogens is 568 g/mol. The molecule has 1 N–H and O–H groups in total. The summed E-state index contributed by atoms with van der Waals surface area (Å²) in [5, 5.41) is 12.6. The molecule has 41 heavy (non-hydrogen) atoms.